The summed E-state index contributed by atoms with van der Waals surface area (Å²) in [6, 6.07) is 0. The number of hydrogen-bond acceptors (Lipinski definition) is 5. The number of carbonyl (C=O) groups excluding carboxylic acids is 2. The SMILES string of the molecule is CCOC(=O)CCCOC(=O)[C@]12CCC(C)(C)C[C@H]1C1=CC[C@@H]3[C@@]4(C)CC[C@H](O)C(C)(C)[C@@H]4CC[C@@]3(C)[C@]1(C)CC2. The van der Waals surface area contributed by atoms with E-state index in [1.807, 2.05) is 6.92 Å². The quantitative estimate of drug-likeness (QED) is 0.199. The van der Waals surface area contributed by atoms with Crippen molar-refractivity contribution >= 4 is 11.9 Å². The first-order valence-corrected chi connectivity index (χ1v) is 16.8. The van der Waals surface area contributed by atoms with E-state index in [0.29, 0.717) is 31.3 Å². The number of aliphatic hydroxyl groups is 1. The first-order valence-electron chi connectivity index (χ1n) is 16.8. The van der Waals surface area contributed by atoms with Crippen molar-refractivity contribution in [2.24, 2.45) is 50.2 Å². The molecule has 5 heteroatoms. The first kappa shape index (κ1) is 31.1. The van der Waals surface area contributed by atoms with Gasteiger partial charge in [0.25, 0.3) is 0 Å². The van der Waals surface area contributed by atoms with Crippen LogP contribution in [0.2, 0.25) is 0 Å². The van der Waals surface area contributed by atoms with Crippen molar-refractivity contribution in [3.63, 3.8) is 0 Å². The van der Waals surface area contributed by atoms with Gasteiger partial charge >= 0.3 is 11.9 Å². The van der Waals surface area contributed by atoms with Crippen LogP contribution < -0.4 is 0 Å². The van der Waals surface area contributed by atoms with Crippen LogP contribution in [0, 0.1) is 50.2 Å². The number of fused-ring (bicyclic) bond motifs is 7. The van der Waals surface area contributed by atoms with E-state index >= 15 is 0 Å². The molecule has 5 aliphatic rings. The maximum Gasteiger partial charge on any atom is 0.312 e. The van der Waals surface area contributed by atoms with Crippen LogP contribution in [0.3, 0.4) is 0 Å². The van der Waals surface area contributed by atoms with Crippen LogP contribution in [0.25, 0.3) is 0 Å². The standard InChI is InChI=1S/C36H58O5/c1-9-40-29(38)11-10-22-41-30(39)36-20-18-31(2,3)23-25(36)24-12-13-27-33(6)16-15-28(37)32(4,5)26(33)14-17-35(27,8)34(24,7)19-21-36/h12,25-28,37H,9-11,13-23H2,1-8H3/t25-,26-,27+,28-,33-,34+,35+,36-/m0/s1. The molecule has 5 aliphatic carbocycles. The van der Waals surface area contributed by atoms with Crippen LogP contribution in [0.1, 0.15) is 132 Å². The van der Waals surface area contributed by atoms with Crippen molar-refractivity contribution in [2.45, 2.75) is 139 Å². The molecule has 0 spiro atoms. The van der Waals surface area contributed by atoms with Crippen LogP contribution in [-0.4, -0.2) is 36.4 Å². The van der Waals surface area contributed by atoms with Gasteiger partial charge in [0.05, 0.1) is 24.7 Å². The molecule has 0 heterocycles. The van der Waals surface area contributed by atoms with E-state index in [-0.39, 0.29) is 57.6 Å². The monoisotopic (exact) mass is 570 g/mol. The topological polar surface area (TPSA) is 72.8 Å². The van der Waals surface area contributed by atoms with Crippen molar-refractivity contribution in [3.8, 4) is 0 Å². The second-order valence-electron chi connectivity index (χ2n) is 16.8. The van der Waals surface area contributed by atoms with Gasteiger partial charge in [-0.3, -0.25) is 9.59 Å². The molecular formula is C36H58O5. The molecule has 0 saturated heterocycles. The second-order valence-corrected chi connectivity index (χ2v) is 16.8. The van der Waals surface area contributed by atoms with Gasteiger partial charge in [0.2, 0.25) is 0 Å². The molecule has 0 aromatic heterocycles. The van der Waals surface area contributed by atoms with Crippen LogP contribution >= 0.6 is 0 Å². The lowest BCUT2D eigenvalue weighted by atomic mass is 9.33. The van der Waals surface area contributed by atoms with Gasteiger partial charge in [0, 0.05) is 6.42 Å². The van der Waals surface area contributed by atoms with Gasteiger partial charge in [0.1, 0.15) is 0 Å². The zero-order valence-corrected chi connectivity index (χ0v) is 27.4. The molecule has 232 valence electrons. The van der Waals surface area contributed by atoms with E-state index in [4.69, 9.17) is 9.47 Å². The van der Waals surface area contributed by atoms with E-state index in [0.717, 1.165) is 51.4 Å². The molecule has 5 rings (SSSR count). The van der Waals surface area contributed by atoms with Gasteiger partial charge in [-0.1, -0.05) is 60.1 Å². The third-order valence-corrected chi connectivity index (χ3v) is 14.1. The number of allylic oxidation sites excluding steroid dienone is 2. The van der Waals surface area contributed by atoms with Crippen LogP contribution in [0.4, 0.5) is 0 Å². The molecule has 1 N–H and O–H groups in total. The second kappa shape index (κ2) is 10.4. The Hall–Kier alpha value is -1.36. The Morgan fingerprint density at radius 2 is 1.61 bits per heavy atom. The summed E-state index contributed by atoms with van der Waals surface area (Å²) in [5.41, 5.74) is 1.71. The fourth-order valence-corrected chi connectivity index (χ4v) is 11.4. The Bertz CT molecular complexity index is 1070. The van der Waals surface area contributed by atoms with E-state index in [9.17, 15) is 14.7 Å². The van der Waals surface area contributed by atoms with Gasteiger partial charge in [-0.15, -0.1) is 0 Å². The van der Waals surface area contributed by atoms with Gasteiger partial charge in [-0.05, 0) is 122 Å². The zero-order valence-electron chi connectivity index (χ0n) is 27.4. The summed E-state index contributed by atoms with van der Waals surface area (Å²) in [4.78, 5) is 25.8. The molecule has 0 radical (unpaired) electrons. The molecule has 4 fully saturated rings. The molecule has 0 amide bonds. The normalized spacial score (nSPS) is 44.3. The third kappa shape index (κ3) is 4.65. The fraction of sp³-hybridized carbons (Fsp3) is 0.889. The van der Waals surface area contributed by atoms with E-state index in [2.05, 4.69) is 54.5 Å². The summed E-state index contributed by atoms with van der Waals surface area (Å²) in [6.07, 6.45) is 13.6. The Morgan fingerprint density at radius 3 is 2.32 bits per heavy atom. The molecule has 0 aliphatic heterocycles. The first-order chi connectivity index (χ1) is 19.1. The number of ether oxygens (including phenoxy) is 2. The Morgan fingerprint density at radius 1 is 0.902 bits per heavy atom. The van der Waals surface area contributed by atoms with Crippen molar-refractivity contribution in [1.29, 1.82) is 0 Å². The lowest BCUT2D eigenvalue weighted by molar-refractivity contribution is -0.206. The van der Waals surface area contributed by atoms with E-state index in [1.165, 1.54) is 12.8 Å². The summed E-state index contributed by atoms with van der Waals surface area (Å²) in [7, 11) is 0. The average molecular weight is 571 g/mol. The smallest absolute Gasteiger partial charge is 0.312 e. The number of carbonyl (C=O) groups is 2. The minimum atomic E-state index is -0.452. The Kier molecular flexibility index (Phi) is 7.86. The summed E-state index contributed by atoms with van der Waals surface area (Å²) in [5.74, 6) is 1.09. The maximum atomic E-state index is 14.0. The zero-order chi connectivity index (χ0) is 30.1. The Labute approximate surface area is 249 Å². The van der Waals surface area contributed by atoms with Gasteiger partial charge in [0.15, 0.2) is 0 Å². The van der Waals surface area contributed by atoms with Crippen LogP contribution in [0.5, 0.6) is 0 Å². The van der Waals surface area contributed by atoms with Crippen LogP contribution in [-0.2, 0) is 19.1 Å². The summed E-state index contributed by atoms with van der Waals surface area (Å²) >= 11 is 0. The minimum Gasteiger partial charge on any atom is -0.466 e. The molecular weight excluding hydrogens is 512 g/mol. The van der Waals surface area contributed by atoms with Crippen molar-refractivity contribution in [1.82, 2.24) is 0 Å². The Balaban J connectivity index is 1.45. The van der Waals surface area contributed by atoms with Gasteiger partial charge < -0.3 is 14.6 Å². The number of esters is 2. The highest BCUT2D eigenvalue weighted by Crippen LogP contribution is 2.75. The number of aliphatic hydroxyl groups excluding tert-OH is 1. The molecule has 0 unspecified atom stereocenters. The lowest BCUT2D eigenvalue weighted by Gasteiger charge is -2.71. The summed E-state index contributed by atoms with van der Waals surface area (Å²) in [6.45, 7) is 19.6. The summed E-state index contributed by atoms with van der Waals surface area (Å²) < 4.78 is 11.1. The molecule has 4 saturated carbocycles. The van der Waals surface area contributed by atoms with Crippen molar-refractivity contribution in [3.05, 3.63) is 11.6 Å². The molecule has 8 atom stereocenters. The van der Waals surface area contributed by atoms with E-state index in [1.54, 1.807) is 5.57 Å². The van der Waals surface area contributed by atoms with Gasteiger partial charge in [-0.25, -0.2) is 0 Å². The highest BCUT2D eigenvalue weighted by molar-refractivity contribution is 5.79. The molecule has 0 aromatic carbocycles. The lowest BCUT2D eigenvalue weighted by Crippen LogP contribution is -2.65. The molecule has 0 bridgehead atoms. The predicted octanol–water partition coefficient (Wildman–Crippen LogP) is 8.04. The summed E-state index contributed by atoms with van der Waals surface area (Å²) in [5, 5.41) is 11.0. The molecule has 41 heavy (non-hydrogen) atoms. The van der Waals surface area contributed by atoms with E-state index < -0.39 is 5.41 Å². The minimum absolute atomic E-state index is 0.0317. The number of rotatable bonds is 6. The average Bonchev–Trinajstić information content (AvgIpc) is 2.89. The van der Waals surface area contributed by atoms with Crippen molar-refractivity contribution < 1.29 is 24.2 Å². The molecule has 5 nitrogen and oxygen atoms in total. The van der Waals surface area contributed by atoms with Gasteiger partial charge in [-0.2, -0.15) is 0 Å². The highest BCUT2D eigenvalue weighted by atomic mass is 16.5. The predicted molar refractivity (Wildman–Crippen MR) is 162 cm³/mol. The maximum absolute atomic E-state index is 14.0. The number of hydrogen-bond donors (Lipinski definition) is 1. The highest BCUT2D eigenvalue weighted by Gasteiger charge is 2.69. The van der Waals surface area contributed by atoms with Crippen LogP contribution in [0.15, 0.2) is 11.6 Å². The van der Waals surface area contributed by atoms with Crippen molar-refractivity contribution in [2.75, 3.05) is 13.2 Å². The largest absolute Gasteiger partial charge is 0.466 e. The molecule has 0 aromatic rings. The fourth-order valence-electron chi connectivity index (χ4n) is 11.4. The third-order valence-electron chi connectivity index (χ3n) is 14.1.